The van der Waals surface area contributed by atoms with Gasteiger partial charge in [0.15, 0.2) is 0 Å². The van der Waals surface area contributed by atoms with Crippen molar-refractivity contribution in [2.45, 2.75) is 19.6 Å². The number of benzene rings is 1. The van der Waals surface area contributed by atoms with Crippen molar-refractivity contribution in [1.29, 1.82) is 0 Å². The van der Waals surface area contributed by atoms with Gasteiger partial charge in [-0.1, -0.05) is 43.8 Å². The van der Waals surface area contributed by atoms with Gasteiger partial charge in [-0.25, -0.2) is 0 Å². The average molecular weight is 280 g/mol. The van der Waals surface area contributed by atoms with Crippen molar-refractivity contribution in [3.8, 4) is 11.5 Å². The molecule has 0 aliphatic heterocycles. The third-order valence-electron chi connectivity index (χ3n) is 1.85. The summed E-state index contributed by atoms with van der Waals surface area (Å²) in [4.78, 5) is 0. The second-order valence-corrected chi connectivity index (χ2v) is 9.45. The number of hydrogen-bond donors (Lipinski definition) is 0. The molecule has 0 fully saturated rings. The molecule has 1 aromatic rings. The largest absolute Gasteiger partial charge is 1.00 e. The molecule has 0 N–H and O–H groups in total. The van der Waals surface area contributed by atoms with Gasteiger partial charge in [-0.2, -0.15) is 0 Å². The fraction of sp³-hybridized carbons (Fsp3) is 0.273. The Labute approximate surface area is 144 Å². The number of rotatable bonds is 1. The topological polar surface area (TPSA) is 0 Å². The van der Waals surface area contributed by atoms with E-state index < -0.39 is 20.5 Å². The molecule has 0 aliphatic rings. The van der Waals surface area contributed by atoms with E-state index in [-0.39, 0.29) is 51.4 Å². The van der Waals surface area contributed by atoms with E-state index in [1.807, 2.05) is 0 Å². The van der Waals surface area contributed by atoms with E-state index in [9.17, 15) is 12.9 Å². The van der Waals surface area contributed by atoms with Crippen LogP contribution in [-0.2, 0) is 0 Å². The summed E-state index contributed by atoms with van der Waals surface area (Å²) in [5, 5.41) is 0. The Balaban J connectivity index is 0.00000256. The van der Waals surface area contributed by atoms with E-state index in [2.05, 4.69) is 31.1 Å². The molecule has 0 saturated carbocycles. The predicted octanol–water partition coefficient (Wildman–Crippen LogP) is -0.0261. The predicted molar refractivity (Wildman–Crippen MR) is 65.4 cm³/mol. The molecular weight excluding hydrogens is 267 g/mol. The monoisotopic (exact) mass is 280 g/mol. The van der Waals surface area contributed by atoms with E-state index >= 15 is 0 Å². The van der Waals surface area contributed by atoms with Crippen LogP contribution >= 0.6 is 0 Å². The molecule has 0 aliphatic carbocycles. The Morgan fingerprint density at radius 2 is 1.71 bits per heavy atom. The standard InChI is InChI=1S/C11H13BF3Si.K/c1-16(2,3)8-7-10-5-4-6-11(9-10)12(13,14)15;/h4-6,9H,1-3H3;/q-1;+1. The van der Waals surface area contributed by atoms with Crippen molar-refractivity contribution in [3.05, 3.63) is 29.8 Å². The summed E-state index contributed by atoms with van der Waals surface area (Å²) < 4.78 is 37.4. The van der Waals surface area contributed by atoms with E-state index in [0.29, 0.717) is 5.56 Å². The molecule has 0 amide bonds. The van der Waals surface area contributed by atoms with Gasteiger partial charge in [0.1, 0.15) is 8.07 Å². The molecule has 1 rings (SSSR count). The Morgan fingerprint density at radius 1 is 1.12 bits per heavy atom. The molecule has 0 heterocycles. The fourth-order valence-electron chi connectivity index (χ4n) is 1.08. The molecule has 6 heteroatoms. The quantitative estimate of drug-likeness (QED) is 0.501. The summed E-state index contributed by atoms with van der Waals surface area (Å²) in [5.74, 6) is 2.82. The van der Waals surface area contributed by atoms with Gasteiger partial charge >= 0.3 is 58.4 Å². The second-order valence-electron chi connectivity index (χ2n) is 4.70. The molecule has 17 heavy (non-hydrogen) atoms. The van der Waals surface area contributed by atoms with E-state index in [1.54, 1.807) is 6.07 Å². The molecule has 0 bridgehead atoms. The van der Waals surface area contributed by atoms with Crippen LogP contribution in [0.15, 0.2) is 24.3 Å². The molecule has 0 spiro atoms. The first-order chi connectivity index (χ1) is 7.18. The van der Waals surface area contributed by atoms with Gasteiger partial charge < -0.3 is 12.9 Å². The van der Waals surface area contributed by atoms with Crippen molar-refractivity contribution < 1.29 is 64.3 Å². The zero-order chi connectivity index (χ0) is 12.4. The van der Waals surface area contributed by atoms with Crippen molar-refractivity contribution in [2.24, 2.45) is 0 Å². The van der Waals surface area contributed by atoms with Crippen LogP contribution in [0.1, 0.15) is 5.56 Å². The van der Waals surface area contributed by atoms with Gasteiger partial charge in [-0.3, -0.25) is 0 Å². The second kappa shape index (κ2) is 6.60. The average Bonchev–Trinajstić information content (AvgIpc) is 2.13. The van der Waals surface area contributed by atoms with Crippen LogP contribution in [0.4, 0.5) is 12.9 Å². The van der Waals surface area contributed by atoms with Gasteiger partial charge in [-0.15, -0.1) is 11.0 Å². The first kappa shape index (κ1) is 17.5. The van der Waals surface area contributed by atoms with Crippen molar-refractivity contribution in [3.63, 3.8) is 0 Å². The van der Waals surface area contributed by atoms with Crippen molar-refractivity contribution >= 4 is 20.5 Å². The molecular formula is C11H13BF3KSi. The minimum atomic E-state index is -4.93. The maximum atomic E-state index is 12.5. The third-order valence-corrected chi connectivity index (χ3v) is 2.72. The molecule has 0 atom stereocenters. The van der Waals surface area contributed by atoms with Gasteiger partial charge in [0, 0.05) is 5.56 Å². The fourth-order valence-corrected chi connectivity index (χ4v) is 1.60. The minimum absolute atomic E-state index is 0. The van der Waals surface area contributed by atoms with E-state index in [1.165, 1.54) is 6.07 Å². The van der Waals surface area contributed by atoms with Gasteiger partial charge in [0.25, 0.3) is 0 Å². The minimum Gasteiger partial charge on any atom is -0.445 e. The van der Waals surface area contributed by atoms with Crippen molar-refractivity contribution in [1.82, 2.24) is 0 Å². The molecule has 0 nitrogen and oxygen atoms in total. The molecule has 0 unspecified atom stereocenters. The van der Waals surface area contributed by atoms with Crippen LogP contribution in [-0.4, -0.2) is 15.1 Å². The zero-order valence-corrected chi connectivity index (χ0v) is 14.6. The summed E-state index contributed by atoms with van der Waals surface area (Å²) in [6, 6.07) is 5.21. The SMILES string of the molecule is C[Si](C)(C)C#Cc1cccc([B-](F)(F)F)c1.[K+]. The number of hydrogen-bond acceptors (Lipinski definition) is 0. The van der Waals surface area contributed by atoms with Gasteiger partial charge in [-0.05, 0) is 6.07 Å². The van der Waals surface area contributed by atoms with E-state index in [0.717, 1.165) is 12.1 Å². The van der Waals surface area contributed by atoms with Crippen molar-refractivity contribution in [2.75, 3.05) is 0 Å². The Morgan fingerprint density at radius 3 is 2.18 bits per heavy atom. The van der Waals surface area contributed by atoms with Gasteiger partial charge in [0.2, 0.25) is 0 Å². The summed E-state index contributed by atoms with van der Waals surface area (Å²) in [6.07, 6.45) is 0. The Hall–Kier alpha value is 0.488. The first-order valence-electron chi connectivity index (χ1n) is 5.01. The smallest absolute Gasteiger partial charge is 0.445 e. The maximum absolute atomic E-state index is 12.5. The van der Waals surface area contributed by atoms with Crippen LogP contribution in [0.5, 0.6) is 0 Å². The first-order valence-corrected chi connectivity index (χ1v) is 8.51. The molecule has 0 saturated heterocycles. The van der Waals surface area contributed by atoms with Crippen LogP contribution in [0, 0.1) is 11.5 Å². The van der Waals surface area contributed by atoms with Crippen LogP contribution in [0.2, 0.25) is 19.6 Å². The van der Waals surface area contributed by atoms with Crippen LogP contribution in [0.3, 0.4) is 0 Å². The third kappa shape index (κ3) is 6.84. The summed E-state index contributed by atoms with van der Waals surface area (Å²) in [5.41, 5.74) is 2.91. The Kier molecular flexibility index (Phi) is 6.79. The van der Waals surface area contributed by atoms with Crippen LogP contribution in [0.25, 0.3) is 0 Å². The molecule has 0 aromatic heterocycles. The van der Waals surface area contributed by atoms with Crippen LogP contribution < -0.4 is 56.8 Å². The molecule has 86 valence electrons. The van der Waals surface area contributed by atoms with Gasteiger partial charge in [0.05, 0.1) is 0 Å². The number of halogens is 3. The zero-order valence-electron chi connectivity index (χ0n) is 10.5. The normalized spacial score (nSPS) is 11.2. The summed E-state index contributed by atoms with van der Waals surface area (Å²) >= 11 is 0. The molecule has 0 radical (unpaired) electrons. The molecule has 1 aromatic carbocycles. The Bertz CT molecular complexity index is 441. The van der Waals surface area contributed by atoms with E-state index in [4.69, 9.17) is 0 Å². The maximum Gasteiger partial charge on any atom is 1.00 e. The summed E-state index contributed by atoms with van der Waals surface area (Å²) in [6.45, 7) is 1.23. The summed E-state index contributed by atoms with van der Waals surface area (Å²) in [7, 11) is -1.54.